The molecule has 0 atom stereocenters. The van der Waals surface area contributed by atoms with Crippen LogP contribution in [0.15, 0.2) is 12.3 Å². The molecular formula is C5H6I2NOs. The van der Waals surface area contributed by atoms with Crippen molar-refractivity contribution in [1.82, 2.24) is 4.98 Å². The topological polar surface area (TPSA) is 15.8 Å². The van der Waals surface area contributed by atoms with Crippen molar-refractivity contribution >= 4 is 4.25 Å². The minimum Gasteiger partial charge on any atom is -1.00 e. The third-order valence-electron chi connectivity index (χ3n) is 0.876. The van der Waals surface area contributed by atoms with Gasteiger partial charge in [0.05, 0.1) is 0 Å². The first-order valence-corrected chi connectivity index (χ1v) is 3.36. The molecule has 0 amide bonds. The van der Waals surface area contributed by atoms with Crippen LogP contribution < -0.4 is 52.2 Å². The molecule has 0 saturated heterocycles. The monoisotopic (exact) mass is 526 g/mol. The van der Waals surface area contributed by atoms with Crippen LogP contribution in [-0.2, 0) is 18.6 Å². The van der Waals surface area contributed by atoms with Crippen LogP contribution >= 0.6 is 0 Å². The van der Waals surface area contributed by atoms with Crippen molar-refractivity contribution in [3.05, 3.63) is 17.8 Å². The number of H-pyrrole nitrogens is 1. The quantitative estimate of drug-likeness (QED) is 0.327. The van der Waals surface area contributed by atoms with Crippen LogP contribution in [-0.4, -0.2) is 4.98 Å². The molecule has 0 aromatic carbocycles. The predicted octanol–water partition coefficient (Wildman–Crippen LogP) is -5.50. The molecule has 1 rings (SSSR count). The molecule has 1 aromatic rings. The molecule has 9 heavy (non-hydrogen) atoms. The molecule has 4 heteroatoms. The minimum atomic E-state index is 0. The fraction of sp³-hybridized carbons (Fsp3) is 0.200. The van der Waals surface area contributed by atoms with Crippen molar-refractivity contribution < 1.29 is 66.6 Å². The van der Waals surface area contributed by atoms with Crippen molar-refractivity contribution in [3.63, 3.8) is 0 Å². The van der Waals surface area contributed by atoms with E-state index in [0.717, 1.165) is 0 Å². The molecule has 0 bridgehead atoms. The van der Waals surface area contributed by atoms with Gasteiger partial charge in [-0.1, -0.05) is 0 Å². The van der Waals surface area contributed by atoms with Crippen molar-refractivity contribution in [3.8, 4) is 0 Å². The summed E-state index contributed by atoms with van der Waals surface area (Å²) < 4.78 is 1.29. The number of hydrogen-bond acceptors (Lipinski definition) is 0. The molecule has 1 N–H and O–H groups in total. The van der Waals surface area contributed by atoms with E-state index in [4.69, 9.17) is 0 Å². The Morgan fingerprint density at radius 2 is 2.00 bits per heavy atom. The Kier molecular flexibility index (Phi) is 8.83. The van der Waals surface area contributed by atoms with Gasteiger partial charge in [-0.15, -0.1) is 0 Å². The Morgan fingerprint density at radius 1 is 1.44 bits per heavy atom. The molecule has 0 saturated carbocycles. The molecule has 0 radical (unpaired) electrons. The Balaban J connectivity index is 0. The van der Waals surface area contributed by atoms with Gasteiger partial charge < -0.3 is 48.0 Å². The molecule has 0 aliphatic rings. The Morgan fingerprint density at radius 3 is 2.11 bits per heavy atom. The molecule has 0 fully saturated rings. The number of aromatic amines is 1. The van der Waals surface area contributed by atoms with E-state index in [1.54, 1.807) is 0 Å². The summed E-state index contributed by atoms with van der Waals surface area (Å²) in [4.78, 5) is 3.08. The number of hydrogen-bond donors (Lipinski definition) is 1. The Labute approximate surface area is 99.3 Å². The van der Waals surface area contributed by atoms with Gasteiger partial charge in [0.1, 0.15) is 0 Å². The SMILES string of the molecule is Cc1cc[nH][c]1[Os+2].[I-].[I-]. The van der Waals surface area contributed by atoms with E-state index in [1.807, 2.05) is 24.8 Å². The fourth-order valence-electron chi connectivity index (χ4n) is 0.423. The van der Waals surface area contributed by atoms with Crippen molar-refractivity contribution in [2.45, 2.75) is 6.92 Å². The van der Waals surface area contributed by atoms with Gasteiger partial charge in [-0.25, -0.2) is 0 Å². The second-order valence-corrected chi connectivity index (χ2v) is 2.73. The summed E-state index contributed by atoms with van der Waals surface area (Å²) in [5.41, 5.74) is 1.35. The van der Waals surface area contributed by atoms with Crippen LogP contribution in [0.2, 0.25) is 0 Å². The van der Waals surface area contributed by atoms with Gasteiger partial charge in [0, 0.05) is 0 Å². The van der Waals surface area contributed by atoms with E-state index in [2.05, 4.69) is 18.0 Å². The first-order valence-electron chi connectivity index (χ1n) is 2.09. The molecule has 0 aliphatic carbocycles. The summed E-state index contributed by atoms with van der Waals surface area (Å²) in [6.45, 7) is 2.10. The first kappa shape index (κ1) is 13.0. The Hall–Kier alpha value is 1.38. The van der Waals surface area contributed by atoms with Crippen LogP contribution in [0, 0.1) is 6.92 Å². The number of aromatic nitrogens is 1. The molecule has 1 aromatic heterocycles. The maximum Gasteiger partial charge on any atom is -1.00 e. The summed E-state index contributed by atoms with van der Waals surface area (Å²) in [5, 5.41) is 0. The zero-order chi connectivity index (χ0) is 5.28. The van der Waals surface area contributed by atoms with E-state index >= 15 is 0 Å². The number of nitrogens with one attached hydrogen (secondary N) is 1. The van der Waals surface area contributed by atoms with Crippen molar-refractivity contribution in [2.75, 3.05) is 0 Å². The minimum absolute atomic E-state index is 0. The largest absolute Gasteiger partial charge is 1.00 e. The van der Waals surface area contributed by atoms with Gasteiger partial charge in [0.15, 0.2) is 0 Å². The van der Waals surface area contributed by atoms with E-state index in [9.17, 15) is 0 Å². The maximum absolute atomic E-state index is 3.08. The molecule has 0 aliphatic heterocycles. The third kappa shape index (κ3) is 3.94. The number of rotatable bonds is 0. The smallest absolute Gasteiger partial charge is 1.00 e. The molecule has 53 valence electrons. The van der Waals surface area contributed by atoms with Crippen LogP contribution in [0.1, 0.15) is 5.56 Å². The van der Waals surface area contributed by atoms with Gasteiger partial charge in [-0.2, -0.15) is 0 Å². The number of halogens is 2. The second-order valence-electron chi connectivity index (χ2n) is 1.46. The molecule has 1 heterocycles. The van der Waals surface area contributed by atoms with Gasteiger partial charge >= 0.3 is 52.6 Å². The van der Waals surface area contributed by atoms with Gasteiger partial charge in [0.2, 0.25) is 0 Å². The zero-order valence-electron chi connectivity index (χ0n) is 4.76. The van der Waals surface area contributed by atoms with Crippen LogP contribution in [0.25, 0.3) is 0 Å². The summed E-state index contributed by atoms with van der Waals surface area (Å²) >= 11 is 1.88. The zero-order valence-corrected chi connectivity index (χ0v) is 11.6. The average molecular weight is 524 g/mol. The standard InChI is InChI=1S/C5H6N.2HI.Os/c1-5-2-3-6-4-5;;;/h2-3,6H,1H3;2*1H;/q;;;+2/p-2. The number of aryl methyl sites for hydroxylation is 1. The summed E-state index contributed by atoms with van der Waals surface area (Å²) in [6.07, 6.45) is 1.96. The van der Waals surface area contributed by atoms with Gasteiger partial charge in [0.25, 0.3) is 0 Å². The fourth-order valence-corrected chi connectivity index (χ4v) is 0.846. The summed E-state index contributed by atoms with van der Waals surface area (Å²) in [6, 6.07) is 2.07. The van der Waals surface area contributed by atoms with E-state index in [1.165, 1.54) is 9.81 Å². The Bertz CT molecular complexity index is 147. The molecule has 0 spiro atoms. The third-order valence-corrected chi connectivity index (χ3v) is 2.24. The van der Waals surface area contributed by atoms with Gasteiger partial charge in [-0.05, 0) is 0 Å². The molecular weight excluding hydrogens is 518 g/mol. The summed E-state index contributed by atoms with van der Waals surface area (Å²) in [5.74, 6) is 0. The van der Waals surface area contributed by atoms with Gasteiger partial charge in [-0.3, -0.25) is 0 Å². The van der Waals surface area contributed by atoms with Crippen LogP contribution in [0.4, 0.5) is 0 Å². The first-order chi connectivity index (χ1) is 3.30. The maximum atomic E-state index is 3.08. The predicted molar refractivity (Wildman–Crippen MR) is 25.2 cm³/mol. The second kappa shape index (κ2) is 6.11. The van der Waals surface area contributed by atoms with E-state index < -0.39 is 0 Å². The molecule has 1 nitrogen and oxygen atoms in total. The van der Waals surface area contributed by atoms with Crippen molar-refractivity contribution in [1.29, 1.82) is 0 Å². The normalized spacial score (nSPS) is 7.22. The molecule has 0 unspecified atom stereocenters. The average Bonchev–Trinajstić information content (AvgIpc) is 1.91. The van der Waals surface area contributed by atoms with E-state index in [-0.39, 0.29) is 48.0 Å². The van der Waals surface area contributed by atoms with E-state index in [0.29, 0.717) is 0 Å². The van der Waals surface area contributed by atoms with Crippen LogP contribution in [0.5, 0.6) is 0 Å². The summed E-state index contributed by atoms with van der Waals surface area (Å²) in [7, 11) is 0. The van der Waals surface area contributed by atoms with Crippen LogP contribution in [0.3, 0.4) is 0 Å². The van der Waals surface area contributed by atoms with Crippen molar-refractivity contribution in [2.24, 2.45) is 0 Å².